The van der Waals surface area contributed by atoms with Crippen LogP contribution in [0, 0.1) is 18.8 Å². The van der Waals surface area contributed by atoms with E-state index < -0.39 is 0 Å². The van der Waals surface area contributed by atoms with Crippen LogP contribution >= 0.6 is 0 Å². The van der Waals surface area contributed by atoms with Crippen LogP contribution in [0.1, 0.15) is 79.7 Å². The quantitative estimate of drug-likeness (QED) is 0.616. The molecule has 2 atom stereocenters. The van der Waals surface area contributed by atoms with Gasteiger partial charge in [0.05, 0.1) is 6.04 Å². The van der Waals surface area contributed by atoms with Crippen molar-refractivity contribution in [2.45, 2.75) is 71.9 Å². The number of nitrogens with one attached hydrogen (secondary N) is 1. The van der Waals surface area contributed by atoms with Gasteiger partial charge in [0.15, 0.2) is 0 Å². The summed E-state index contributed by atoms with van der Waals surface area (Å²) in [6.07, 6.45) is 6.14. The zero-order valence-electron chi connectivity index (χ0n) is 21.9. The van der Waals surface area contributed by atoms with Gasteiger partial charge in [-0.2, -0.15) is 0 Å². The number of hydrogen-bond acceptors (Lipinski definition) is 4. The molecule has 35 heavy (non-hydrogen) atoms. The Kier molecular flexibility index (Phi) is 7.78. The van der Waals surface area contributed by atoms with E-state index in [0.29, 0.717) is 18.3 Å². The number of aryl methyl sites for hydroxylation is 2. The molecule has 2 aromatic rings. The molecule has 1 aliphatic heterocycles. The van der Waals surface area contributed by atoms with Crippen LogP contribution in [0.5, 0.6) is 0 Å². The van der Waals surface area contributed by atoms with Gasteiger partial charge in [-0.25, -0.2) is 0 Å². The maximum atomic E-state index is 13.4. The maximum absolute atomic E-state index is 13.4. The van der Waals surface area contributed by atoms with Crippen LogP contribution in [0.2, 0.25) is 0 Å². The molecule has 1 unspecified atom stereocenters. The molecule has 2 heterocycles. The third-order valence-electron chi connectivity index (χ3n) is 8.03. The first kappa shape index (κ1) is 25.2. The van der Waals surface area contributed by atoms with Gasteiger partial charge in [0.1, 0.15) is 0 Å². The predicted molar refractivity (Wildman–Crippen MR) is 141 cm³/mol. The number of hydrogen-bond donors (Lipinski definition) is 1. The van der Waals surface area contributed by atoms with Crippen LogP contribution in [0.4, 0.5) is 5.69 Å². The lowest BCUT2D eigenvalue weighted by Crippen LogP contribution is -2.45. The molecular weight excluding hydrogens is 436 g/mol. The van der Waals surface area contributed by atoms with Crippen molar-refractivity contribution in [3.05, 3.63) is 58.9 Å². The first-order valence-corrected chi connectivity index (χ1v) is 13.1. The Morgan fingerprint density at radius 2 is 1.86 bits per heavy atom. The fourth-order valence-electron chi connectivity index (χ4n) is 5.27. The molecule has 1 saturated heterocycles. The zero-order chi connectivity index (χ0) is 25.1. The molecule has 1 N–H and O–H groups in total. The van der Waals surface area contributed by atoms with Crippen molar-refractivity contribution in [1.82, 2.24) is 15.2 Å². The van der Waals surface area contributed by atoms with Crippen molar-refractivity contribution in [3.8, 4) is 0 Å². The standard InChI is InChI=1S/C29H40N4O2/c1-19(2)20(3)16-28(34)31-27-9-8-22-6-7-23(18-26(22)27)29(35)32(5)24-11-14-33(15-12-24)25-10-13-30-21(4)17-25/h6-7,10,13,17-20,24,27H,8-9,11-12,14-16H2,1-5H3,(H,31,34)/t20?,27-/m1/s1. The van der Waals surface area contributed by atoms with Crippen molar-refractivity contribution in [3.63, 3.8) is 0 Å². The Labute approximate surface area is 210 Å². The summed E-state index contributed by atoms with van der Waals surface area (Å²) in [6.45, 7) is 10.3. The van der Waals surface area contributed by atoms with E-state index in [1.54, 1.807) is 0 Å². The lowest BCUT2D eigenvalue weighted by atomic mass is 9.94. The summed E-state index contributed by atoms with van der Waals surface area (Å²) in [4.78, 5) is 34.6. The molecule has 0 saturated carbocycles. The molecule has 4 rings (SSSR count). The number of nitrogens with zero attached hydrogens (tertiary/aromatic N) is 3. The van der Waals surface area contributed by atoms with E-state index in [9.17, 15) is 9.59 Å². The van der Waals surface area contributed by atoms with Crippen molar-refractivity contribution in [1.29, 1.82) is 0 Å². The number of fused-ring (bicyclic) bond motifs is 1. The minimum Gasteiger partial charge on any atom is -0.371 e. The molecule has 0 bridgehead atoms. The Hall–Kier alpha value is -2.89. The number of aromatic nitrogens is 1. The number of amides is 2. The number of piperidine rings is 1. The van der Waals surface area contributed by atoms with Crippen LogP contribution in [0.25, 0.3) is 0 Å². The Balaban J connectivity index is 1.38. The number of benzene rings is 1. The molecule has 188 valence electrons. The second-order valence-corrected chi connectivity index (χ2v) is 10.8. The van der Waals surface area contributed by atoms with Gasteiger partial charge in [-0.1, -0.05) is 26.8 Å². The molecule has 1 aromatic carbocycles. The average molecular weight is 477 g/mol. The third kappa shape index (κ3) is 5.85. The fraction of sp³-hybridized carbons (Fsp3) is 0.552. The first-order valence-electron chi connectivity index (χ1n) is 13.1. The highest BCUT2D eigenvalue weighted by Gasteiger charge is 2.29. The Morgan fingerprint density at radius 1 is 1.11 bits per heavy atom. The molecule has 1 aliphatic carbocycles. The first-order chi connectivity index (χ1) is 16.7. The highest BCUT2D eigenvalue weighted by Crippen LogP contribution is 2.33. The van der Waals surface area contributed by atoms with E-state index in [-0.39, 0.29) is 23.9 Å². The smallest absolute Gasteiger partial charge is 0.253 e. The van der Waals surface area contributed by atoms with E-state index in [2.05, 4.69) is 54.2 Å². The number of anilines is 1. The van der Waals surface area contributed by atoms with Gasteiger partial charge in [-0.15, -0.1) is 0 Å². The minimum atomic E-state index is 0.00183. The van der Waals surface area contributed by atoms with Crippen molar-refractivity contribution < 1.29 is 9.59 Å². The second-order valence-electron chi connectivity index (χ2n) is 10.8. The van der Waals surface area contributed by atoms with Crippen molar-refractivity contribution >= 4 is 17.5 Å². The summed E-state index contributed by atoms with van der Waals surface area (Å²) in [5.41, 5.74) is 5.30. The summed E-state index contributed by atoms with van der Waals surface area (Å²) in [6, 6.07) is 10.5. The number of pyridine rings is 1. The lowest BCUT2D eigenvalue weighted by Gasteiger charge is -2.38. The SMILES string of the molecule is Cc1cc(N2CCC(N(C)C(=O)c3ccc4c(c3)[C@H](NC(=O)CC(C)C(C)C)CC4)CC2)ccn1. The van der Waals surface area contributed by atoms with Crippen LogP contribution < -0.4 is 10.2 Å². The van der Waals surface area contributed by atoms with Crippen molar-refractivity contribution in [2.24, 2.45) is 11.8 Å². The van der Waals surface area contributed by atoms with Gasteiger partial charge in [-0.05, 0) is 79.8 Å². The Bertz CT molecular complexity index is 1060. The van der Waals surface area contributed by atoms with Gasteiger partial charge in [0, 0.05) is 55.7 Å². The zero-order valence-corrected chi connectivity index (χ0v) is 21.9. The summed E-state index contributed by atoms with van der Waals surface area (Å²) >= 11 is 0. The van der Waals surface area contributed by atoms with Gasteiger partial charge < -0.3 is 15.1 Å². The summed E-state index contributed by atoms with van der Waals surface area (Å²) < 4.78 is 0. The van der Waals surface area contributed by atoms with Crippen molar-refractivity contribution in [2.75, 3.05) is 25.0 Å². The van der Waals surface area contributed by atoms with E-state index in [4.69, 9.17) is 0 Å². The topological polar surface area (TPSA) is 65.5 Å². The molecule has 1 fully saturated rings. The predicted octanol–water partition coefficient (Wildman–Crippen LogP) is 4.92. The third-order valence-corrected chi connectivity index (χ3v) is 8.03. The van der Waals surface area contributed by atoms with Gasteiger partial charge in [-0.3, -0.25) is 14.6 Å². The van der Waals surface area contributed by atoms with E-state index in [0.717, 1.165) is 55.6 Å². The number of rotatable bonds is 7. The summed E-state index contributed by atoms with van der Waals surface area (Å²) in [5, 5.41) is 3.23. The molecule has 6 nitrogen and oxygen atoms in total. The largest absolute Gasteiger partial charge is 0.371 e. The fourth-order valence-corrected chi connectivity index (χ4v) is 5.27. The van der Waals surface area contributed by atoms with E-state index in [1.165, 1.54) is 11.3 Å². The van der Waals surface area contributed by atoms with Gasteiger partial charge in [0.25, 0.3) is 5.91 Å². The second kappa shape index (κ2) is 10.8. The molecular formula is C29H40N4O2. The molecule has 6 heteroatoms. The van der Waals surface area contributed by atoms with Gasteiger partial charge >= 0.3 is 0 Å². The van der Waals surface area contributed by atoms with Crippen LogP contribution in [-0.4, -0.2) is 47.9 Å². The van der Waals surface area contributed by atoms with Crippen LogP contribution in [-0.2, 0) is 11.2 Å². The van der Waals surface area contributed by atoms with Gasteiger partial charge in [0.2, 0.25) is 5.91 Å². The maximum Gasteiger partial charge on any atom is 0.253 e. The highest BCUT2D eigenvalue weighted by atomic mass is 16.2. The molecule has 1 aromatic heterocycles. The van der Waals surface area contributed by atoms with E-state index in [1.807, 2.05) is 37.2 Å². The molecule has 2 aliphatic rings. The summed E-state index contributed by atoms with van der Waals surface area (Å²) in [7, 11) is 1.93. The number of carbonyl (C=O) groups is 2. The highest BCUT2D eigenvalue weighted by molar-refractivity contribution is 5.94. The number of carbonyl (C=O) groups excluding carboxylic acids is 2. The lowest BCUT2D eigenvalue weighted by molar-refractivity contribution is -0.123. The molecule has 2 amide bonds. The van der Waals surface area contributed by atoms with Crippen LogP contribution in [0.3, 0.4) is 0 Å². The monoisotopic (exact) mass is 476 g/mol. The minimum absolute atomic E-state index is 0.00183. The molecule has 0 spiro atoms. The summed E-state index contributed by atoms with van der Waals surface area (Å²) in [5.74, 6) is 1.01. The average Bonchev–Trinajstić information content (AvgIpc) is 3.24. The van der Waals surface area contributed by atoms with Crippen LogP contribution in [0.15, 0.2) is 36.5 Å². The molecule has 0 radical (unpaired) electrons. The normalized spacial score (nSPS) is 18.9. The van der Waals surface area contributed by atoms with E-state index >= 15 is 0 Å². The Morgan fingerprint density at radius 3 is 2.54 bits per heavy atom.